The second kappa shape index (κ2) is 8.52. The number of rotatable bonds is 7. The first-order valence-electron chi connectivity index (χ1n) is 9.22. The van der Waals surface area contributed by atoms with Gasteiger partial charge in [-0.3, -0.25) is 4.98 Å². The zero-order valence-electron chi connectivity index (χ0n) is 16.8. The number of anilines is 4. The highest BCUT2D eigenvalue weighted by Crippen LogP contribution is 2.40. The third-order valence-corrected chi connectivity index (χ3v) is 4.48. The van der Waals surface area contributed by atoms with Crippen LogP contribution in [0.2, 0.25) is 0 Å². The summed E-state index contributed by atoms with van der Waals surface area (Å²) in [6.07, 6.45) is 3.45. The van der Waals surface area contributed by atoms with Crippen molar-refractivity contribution in [2.45, 2.75) is 0 Å². The molecule has 0 radical (unpaired) electrons. The number of hydrogen-bond acceptors (Lipinski definition) is 8. The maximum Gasteiger partial charge on any atom is 0.229 e. The minimum absolute atomic E-state index is 0.424. The summed E-state index contributed by atoms with van der Waals surface area (Å²) in [5, 5.41) is 7.53. The van der Waals surface area contributed by atoms with Crippen molar-refractivity contribution in [2.24, 2.45) is 0 Å². The molecule has 8 nitrogen and oxygen atoms in total. The first-order valence-corrected chi connectivity index (χ1v) is 9.22. The average Bonchev–Trinajstić information content (AvgIpc) is 2.79. The quantitative estimate of drug-likeness (QED) is 0.465. The predicted molar refractivity (Wildman–Crippen MR) is 116 cm³/mol. The van der Waals surface area contributed by atoms with Crippen molar-refractivity contribution in [1.29, 1.82) is 0 Å². The van der Waals surface area contributed by atoms with Crippen LogP contribution in [0.3, 0.4) is 0 Å². The Labute approximate surface area is 173 Å². The van der Waals surface area contributed by atoms with E-state index < -0.39 is 0 Å². The summed E-state index contributed by atoms with van der Waals surface area (Å²) >= 11 is 0. The van der Waals surface area contributed by atoms with Crippen LogP contribution >= 0.6 is 0 Å². The van der Waals surface area contributed by atoms with E-state index in [2.05, 4.69) is 25.6 Å². The summed E-state index contributed by atoms with van der Waals surface area (Å²) in [5.41, 5.74) is 2.53. The minimum Gasteiger partial charge on any atom is -0.493 e. The van der Waals surface area contributed by atoms with Gasteiger partial charge in [-0.15, -0.1) is 0 Å². The molecule has 0 unspecified atom stereocenters. The summed E-state index contributed by atoms with van der Waals surface area (Å²) in [7, 11) is 4.71. The van der Waals surface area contributed by atoms with Crippen molar-refractivity contribution < 1.29 is 14.2 Å². The number of nitrogens with one attached hydrogen (secondary N) is 2. The normalized spacial score (nSPS) is 10.5. The zero-order chi connectivity index (χ0) is 20.9. The van der Waals surface area contributed by atoms with Gasteiger partial charge in [-0.2, -0.15) is 4.98 Å². The van der Waals surface area contributed by atoms with E-state index in [1.807, 2.05) is 30.3 Å². The van der Waals surface area contributed by atoms with Crippen LogP contribution in [-0.4, -0.2) is 36.3 Å². The Morgan fingerprint density at radius 1 is 0.767 bits per heavy atom. The standard InChI is InChI=1S/C22H21N5O3/c1-28-18-12-14(13-19(29-2)21(18)30-3)25-22-24-11-9-20(27-22)26-17-8-4-7-16-15(17)6-5-10-23-16/h4-13H,1-3H3,(H2,24,25,26,27). The van der Waals surface area contributed by atoms with E-state index in [0.717, 1.165) is 16.6 Å². The molecule has 30 heavy (non-hydrogen) atoms. The van der Waals surface area contributed by atoms with Gasteiger partial charge in [0.05, 0.1) is 26.8 Å². The molecule has 0 aliphatic heterocycles. The number of ether oxygens (including phenoxy) is 3. The van der Waals surface area contributed by atoms with Crippen LogP contribution in [0.25, 0.3) is 10.9 Å². The summed E-state index contributed by atoms with van der Waals surface area (Å²) < 4.78 is 16.2. The molecular weight excluding hydrogens is 382 g/mol. The summed E-state index contributed by atoms with van der Waals surface area (Å²) in [4.78, 5) is 13.2. The molecule has 0 atom stereocenters. The highest BCUT2D eigenvalue weighted by atomic mass is 16.5. The molecule has 8 heteroatoms. The maximum absolute atomic E-state index is 5.40. The van der Waals surface area contributed by atoms with E-state index in [-0.39, 0.29) is 0 Å². The Bertz CT molecular complexity index is 1150. The SMILES string of the molecule is COc1cc(Nc2nccc(Nc3cccc4ncccc34)n2)cc(OC)c1OC. The largest absolute Gasteiger partial charge is 0.493 e. The van der Waals surface area contributed by atoms with Gasteiger partial charge in [-0.05, 0) is 30.3 Å². The van der Waals surface area contributed by atoms with E-state index in [0.29, 0.717) is 34.7 Å². The molecule has 4 rings (SSSR count). The zero-order valence-corrected chi connectivity index (χ0v) is 16.8. The first kappa shape index (κ1) is 19.3. The Morgan fingerprint density at radius 3 is 2.30 bits per heavy atom. The molecule has 0 amide bonds. The van der Waals surface area contributed by atoms with Crippen LogP contribution in [0.4, 0.5) is 23.1 Å². The highest BCUT2D eigenvalue weighted by molar-refractivity contribution is 5.92. The smallest absolute Gasteiger partial charge is 0.229 e. The number of fused-ring (bicyclic) bond motifs is 1. The van der Waals surface area contributed by atoms with Gasteiger partial charge in [0.25, 0.3) is 0 Å². The third kappa shape index (κ3) is 3.88. The molecular formula is C22H21N5O3. The predicted octanol–water partition coefficient (Wildman–Crippen LogP) is 4.54. The van der Waals surface area contributed by atoms with Crippen LogP contribution in [0.15, 0.2) is 60.9 Å². The van der Waals surface area contributed by atoms with E-state index >= 15 is 0 Å². The van der Waals surface area contributed by atoms with Crippen molar-refractivity contribution in [3.05, 3.63) is 60.9 Å². The van der Waals surface area contributed by atoms with Crippen LogP contribution < -0.4 is 24.8 Å². The van der Waals surface area contributed by atoms with Gasteiger partial charge in [-0.1, -0.05) is 6.07 Å². The molecule has 0 saturated carbocycles. The molecule has 2 aromatic carbocycles. The van der Waals surface area contributed by atoms with Crippen LogP contribution in [0.5, 0.6) is 17.2 Å². The monoisotopic (exact) mass is 403 g/mol. The Morgan fingerprint density at radius 2 is 1.57 bits per heavy atom. The molecule has 2 aromatic heterocycles. The van der Waals surface area contributed by atoms with E-state index in [1.54, 1.807) is 51.9 Å². The Hall–Kier alpha value is -4.07. The molecule has 0 saturated heterocycles. The van der Waals surface area contributed by atoms with Crippen molar-refractivity contribution in [2.75, 3.05) is 32.0 Å². The lowest BCUT2D eigenvalue weighted by atomic mass is 10.2. The summed E-state index contributed by atoms with van der Waals surface area (Å²) in [5.74, 6) is 2.67. The summed E-state index contributed by atoms with van der Waals surface area (Å²) in [6.45, 7) is 0. The Balaban J connectivity index is 1.61. The van der Waals surface area contributed by atoms with E-state index in [1.165, 1.54) is 0 Å². The number of benzene rings is 2. The second-order valence-electron chi connectivity index (χ2n) is 6.31. The van der Waals surface area contributed by atoms with Crippen molar-refractivity contribution in [1.82, 2.24) is 15.0 Å². The lowest BCUT2D eigenvalue weighted by molar-refractivity contribution is 0.324. The van der Waals surface area contributed by atoms with Gasteiger partial charge < -0.3 is 24.8 Å². The fourth-order valence-corrected chi connectivity index (χ4v) is 3.12. The van der Waals surface area contributed by atoms with Gasteiger partial charge in [0.2, 0.25) is 11.7 Å². The number of pyridine rings is 1. The van der Waals surface area contributed by atoms with Crippen molar-refractivity contribution in [3.8, 4) is 17.2 Å². The fourth-order valence-electron chi connectivity index (χ4n) is 3.12. The third-order valence-electron chi connectivity index (χ3n) is 4.48. The van der Waals surface area contributed by atoms with Gasteiger partial charge >= 0.3 is 0 Å². The average molecular weight is 403 g/mol. The Kier molecular flexibility index (Phi) is 5.47. The molecule has 0 spiro atoms. The van der Waals surface area contributed by atoms with Crippen LogP contribution in [0.1, 0.15) is 0 Å². The van der Waals surface area contributed by atoms with Gasteiger partial charge in [0.15, 0.2) is 11.5 Å². The molecule has 0 aliphatic carbocycles. The molecule has 0 bridgehead atoms. The molecule has 152 valence electrons. The molecule has 2 N–H and O–H groups in total. The molecule has 0 fully saturated rings. The van der Waals surface area contributed by atoms with Gasteiger partial charge in [-0.25, -0.2) is 4.98 Å². The topological polar surface area (TPSA) is 90.4 Å². The lowest BCUT2D eigenvalue weighted by Crippen LogP contribution is -2.02. The van der Waals surface area contributed by atoms with Crippen LogP contribution in [0, 0.1) is 0 Å². The van der Waals surface area contributed by atoms with Gasteiger partial charge in [0, 0.05) is 41.3 Å². The highest BCUT2D eigenvalue weighted by Gasteiger charge is 2.14. The fraction of sp³-hybridized carbons (Fsp3) is 0.136. The molecule has 4 aromatic rings. The number of nitrogens with zero attached hydrogens (tertiary/aromatic N) is 3. The summed E-state index contributed by atoms with van der Waals surface area (Å²) in [6, 6.07) is 15.2. The van der Waals surface area contributed by atoms with Crippen molar-refractivity contribution >= 4 is 34.0 Å². The number of aromatic nitrogens is 3. The number of methoxy groups -OCH3 is 3. The van der Waals surface area contributed by atoms with Gasteiger partial charge in [0.1, 0.15) is 5.82 Å². The second-order valence-corrected chi connectivity index (χ2v) is 6.31. The molecule has 2 heterocycles. The van der Waals surface area contributed by atoms with E-state index in [4.69, 9.17) is 14.2 Å². The molecule has 0 aliphatic rings. The first-order chi connectivity index (χ1) is 14.7. The lowest BCUT2D eigenvalue weighted by Gasteiger charge is -2.15. The number of hydrogen-bond donors (Lipinski definition) is 2. The van der Waals surface area contributed by atoms with E-state index in [9.17, 15) is 0 Å². The minimum atomic E-state index is 0.424. The maximum atomic E-state index is 5.40. The van der Waals surface area contributed by atoms with Crippen LogP contribution in [-0.2, 0) is 0 Å². The van der Waals surface area contributed by atoms with Crippen molar-refractivity contribution in [3.63, 3.8) is 0 Å².